The van der Waals surface area contributed by atoms with Crippen LogP contribution in [0.15, 0.2) is 48.5 Å². The lowest BCUT2D eigenvalue weighted by atomic mass is 9.72. The van der Waals surface area contributed by atoms with Crippen molar-refractivity contribution >= 4 is 23.5 Å². The zero-order chi connectivity index (χ0) is 24.2. The first-order valence-electron chi connectivity index (χ1n) is 11.3. The monoisotopic (exact) mass is 452 g/mol. The Morgan fingerprint density at radius 2 is 1.79 bits per heavy atom. The van der Waals surface area contributed by atoms with Crippen molar-refractivity contribution in [1.29, 1.82) is 0 Å². The average Bonchev–Trinajstić information content (AvgIpc) is 2.75. The lowest BCUT2D eigenvalue weighted by Crippen LogP contribution is -2.59. The van der Waals surface area contributed by atoms with Gasteiger partial charge in [0.15, 0.2) is 6.10 Å². The molecule has 0 unspecified atom stereocenters. The fraction of sp³-hybridized carbons (Fsp3) is 0.423. The molecule has 1 amide bonds. The van der Waals surface area contributed by atoms with Crippen LogP contribution in [0.2, 0.25) is 0 Å². The molecule has 2 aromatic rings. The quantitative estimate of drug-likeness (QED) is 0.510. The highest BCUT2D eigenvalue weighted by atomic mass is 16.6. The average molecular weight is 453 g/mol. The molecule has 33 heavy (non-hydrogen) atoms. The molecule has 0 saturated heterocycles. The van der Waals surface area contributed by atoms with Crippen LogP contribution >= 0.6 is 0 Å². The van der Waals surface area contributed by atoms with Crippen molar-refractivity contribution in [2.45, 2.75) is 70.6 Å². The Hall–Kier alpha value is -3.35. The fourth-order valence-corrected chi connectivity index (χ4v) is 4.19. The van der Waals surface area contributed by atoms with Crippen molar-refractivity contribution < 1.29 is 23.9 Å². The topological polar surface area (TPSA) is 108 Å². The van der Waals surface area contributed by atoms with Gasteiger partial charge in [-0.15, -0.1) is 0 Å². The summed E-state index contributed by atoms with van der Waals surface area (Å²) in [5.41, 5.74) is 6.09. The number of nitrogen functional groups attached to an aromatic ring is 1. The molecular weight excluding hydrogens is 420 g/mol. The van der Waals surface area contributed by atoms with Crippen LogP contribution < -0.4 is 11.1 Å². The van der Waals surface area contributed by atoms with Gasteiger partial charge >= 0.3 is 12.1 Å². The Morgan fingerprint density at radius 1 is 1.12 bits per heavy atom. The normalized spacial score (nSPS) is 20.7. The van der Waals surface area contributed by atoms with Crippen LogP contribution in [0.3, 0.4) is 0 Å². The van der Waals surface area contributed by atoms with E-state index in [4.69, 9.17) is 15.2 Å². The maximum Gasteiger partial charge on any atom is 0.408 e. The molecule has 0 bridgehead atoms. The number of nitrogens with two attached hydrogens (primary N) is 1. The van der Waals surface area contributed by atoms with E-state index < -0.39 is 29.3 Å². The number of amides is 1. The van der Waals surface area contributed by atoms with E-state index in [0.717, 1.165) is 5.56 Å². The first-order chi connectivity index (χ1) is 15.6. The number of alkyl carbamates (subject to hydrolysis) is 1. The maximum atomic E-state index is 13.9. The van der Waals surface area contributed by atoms with Crippen LogP contribution in [0.4, 0.5) is 10.5 Å². The van der Waals surface area contributed by atoms with Crippen molar-refractivity contribution in [3.63, 3.8) is 0 Å². The fourth-order valence-electron chi connectivity index (χ4n) is 4.19. The number of ketones is 1. The molecule has 3 rings (SSSR count). The third-order valence-electron chi connectivity index (χ3n) is 5.70. The lowest BCUT2D eigenvalue weighted by Gasteiger charge is -2.41. The largest absolute Gasteiger partial charge is 0.451 e. The minimum absolute atomic E-state index is 0.308. The van der Waals surface area contributed by atoms with Gasteiger partial charge in [-0.3, -0.25) is 4.79 Å². The SMILES string of the molecule is CCc1ccccc1[C@@]1(NC(=O)OC(C)(C)C)CCC[C@@H](OC(=O)c2ccc(N)cc2)C1=O. The van der Waals surface area contributed by atoms with E-state index in [1.54, 1.807) is 45.0 Å². The summed E-state index contributed by atoms with van der Waals surface area (Å²) >= 11 is 0. The number of ether oxygens (including phenoxy) is 2. The number of Topliss-reactive ketones (excluding diaryl/α,β-unsaturated/α-hetero) is 1. The number of aryl methyl sites for hydroxylation is 1. The van der Waals surface area contributed by atoms with Gasteiger partial charge in [-0.2, -0.15) is 0 Å². The van der Waals surface area contributed by atoms with Crippen molar-refractivity contribution in [1.82, 2.24) is 5.32 Å². The molecule has 3 N–H and O–H groups in total. The zero-order valence-electron chi connectivity index (χ0n) is 19.6. The number of hydrogen-bond donors (Lipinski definition) is 2. The predicted octanol–water partition coefficient (Wildman–Crippen LogP) is 4.53. The second kappa shape index (κ2) is 9.65. The van der Waals surface area contributed by atoms with Gasteiger partial charge in [0.05, 0.1) is 5.56 Å². The smallest absolute Gasteiger partial charge is 0.408 e. The summed E-state index contributed by atoms with van der Waals surface area (Å²) in [6.45, 7) is 7.28. The number of carbonyl (C=O) groups is 3. The summed E-state index contributed by atoms with van der Waals surface area (Å²) in [4.78, 5) is 39.4. The molecule has 0 aromatic heterocycles. The van der Waals surface area contributed by atoms with Crippen LogP contribution in [-0.2, 0) is 26.2 Å². The van der Waals surface area contributed by atoms with Gasteiger partial charge in [0.25, 0.3) is 0 Å². The molecule has 1 aliphatic rings. The molecule has 2 aromatic carbocycles. The molecule has 1 saturated carbocycles. The Bertz CT molecular complexity index is 1030. The molecule has 0 aliphatic heterocycles. The molecular formula is C26H32N2O5. The first-order valence-corrected chi connectivity index (χ1v) is 11.3. The molecule has 7 nitrogen and oxygen atoms in total. The summed E-state index contributed by atoms with van der Waals surface area (Å²) in [6, 6.07) is 13.8. The number of anilines is 1. The molecule has 176 valence electrons. The van der Waals surface area contributed by atoms with Crippen LogP contribution in [-0.4, -0.2) is 29.6 Å². The number of rotatable bonds is 5. The number of benzene rings is 2. The minimum atomic E-state index is -1.35. The third-order valence-corrected chi connectivity index (χ3v) is 5.70. The van der Waals surface area contributed by atoms with Gasteiger partial charge in [-0.1, -0.05) is 31.2 Å². The van der Waals surface area contributed by atoms with Gasteiger partial charge in [0, 0.05) is 5.69 Å². The highest BCUT2D eigenvalue weighted by molar-refractivity contribution is 5.99. The van der Waals surface area contributed by atoms with Crippen LogP contribution in [0.1, 0.15) is 68.4 Å². The van der Waals surface area contributed by atoms with Crippen molar-refractivity contribution in [3.8, 4) is 0 Å². The third kappa shape index (κ3) is 5.53. The van der Waals surface area contributed by atoms with E-state index in [0.29, 0.717) is 42.5 Å². The molecule has 2 atom stereocenters. The predicted molar refractivity (Wildman–Crippen MR) is 126 cm³/mol. The van der Waals surface area contributed by atoms with Crippen molar-refractivity contribution in [2.75, 3.05) is 5.73 Å². The van der Waals surface area contributed by atoms with Gasteiger partial charge in [0.2, 0.25) is 5.78 Å². The minimum Gasteiger partial charge on any atom is -0.451 e. The number of hydrogen-bond acceptors (Lipinski definition) is 6. The van der Waals surface area contributed by atoms with Gasteiger partial charge in [-0.05, 0) is 81.8 Å². The first kappa shape index (κ1) is 24.3. The molecule has 7 heteroatoms. The summed E-state index contributed by atoms with van der Waals surface area (Å²) in [5.74, 6) is -0.963. The van der Waals surface area contributed by atoms with Gasteiger partial charge in [0.1, 0.15) is 11.1 Å². The highest BCUT2D eigenvalue weighted by Gasteiger charge is 2.50. The van der Waals surface area contributed by atoms with Crippen molar-refractivity contribution in [3.05, 3.63) is 65.2 Å². The molecule has 1 fully saturated rings. The number of nitrogens with one attached hydrogen (secondary N) is 1. The van der Waals surface area contributed by atoms with Crippen LogP contribution in [0.25, 0.3) is 0 Å². The lowest BCUT2D eigenvalue weighted by molar-refractivity contribution is -0.138. The zero-order valence-corrected chi connectivity index (χ0v) is 19.6. The van der Waals surface area contributed by atoms with E-state index >= 15 is 0 Å². The van der Waals surface area contributed by atoms with Crippen LogP contribution in [0.5, 0.6) is 0 Å². The summed E-state index contributed by atoms with van der Waals surface area (Å²) in [6.07, 6.45) is 0.343. The number of carbonyl (C=O) groups excluding carboxylic acids is 3. The highest BCUT2D eigenvalue weighted by Crippen LogP contribution is 2.38. The van der Waals surface area contributed by atoms with Gasteiger partial charge < -0.3 is 20.5 Å². The molecule has 0 heterocycles. The second-order valence-corrected chi connectivity index (χ2v) is 9.32. The summed E-state index contributed by atoms with van der Waals surface area (Å²) in [5, 5.41) is 2.86. The Kier molecular flexibility index (Phi) is 7.10. The standard InChI is InChI=1S/C26H32N2O5/c1-5-17-9-6-7-10-20(17)26(28-24(31)33-25(2,3)4)16-8-11-21(22(26)29)32-23(30)18-12-14-19(27)15-13-18/h6-7,9-10,12-15,21H,5,8,11,16,27H2,1-4H3,(H,28,31)/t21-,26+/m1/s1. The van der Waals surface area contributed by atoms with E-state index in [9.17, 15) is 14.4 Å². The second-order valence-electron chi connectivity index (χ2n) is 9.32. The molecule has 0 spiro atoms. The molecule has 1 aliphatic carbocycles. The van der Waals surface area contributed by atoms with E-state index in [1.165, 1.54) is 0 Å². The Labute approximate surface area is 194 Å². The van der Waals surface area contributed by atoms with Gasteiger partial charge in [-0.25, -0.2) is 9.59 Å². The van der Waals surface area contributed by atoms with Crippen LogP contribution in [0, 0.1) is 0 Å². The van der Waals surface area contributed by atoms with E-state index in [1.807, 2.05) is 31.2 Å². The Morgan fingerprint density at radius 3 is 2.42 bits per heavy atom. The van der Waals surface area contributed by atoms with Crippen molar-refractivity contribution in [2.24, 2.45) is 0 Å². The summed E-state index contributed by atoms with van der Waals surface area (Å²) in [7, 11) is 0. The van der Waals surface area contributed by atoms with E-state index in [2.05, 4.69) is 5.32 Å². The van der Waals surface area contributed by atoms with E-state index in [-0.39, 0.29) is 5.78 Å². The molecule has 0 radical (unpaired) electrons. The Balaban J connectivity index is 1.96. The summed E-state index contributed by atoms with van der Waals surface area (Å²) < 4.78 is 11.1. The maximum absolute atomic E-state index is 13.9. The number of esters is 1.